The van der Waals surface area contributed by atoms with Crippen molar-refractivity contribution >= 4 is 43.7 Å². The van der Waals surface area contributed by atoms with Gasteiger partial charge in [-0.05, 0) is 93.0 Å². The molecule has 0 N–H and O–H groups in total. The Hall–Kier alpha value is -9.19. The van der Waals surface area contributed by atoms with Crippen LogP contribution in [0.2, 0.25) is 0 Å². The first-order valence-corrected chi connectivity index (χ1v) is 22.9. The van der Waals surface area contributed by atoms with E-state index in [4.69, 9.17) is 19.4 Å². The molecule has 5 nitrogen and oxygen atoms in total. The third kappa shape index (κ3) is 6.84. The lowest BCUT2D eigenvalue weighted by Gasteiger charge is -2.11. The zero-order chi connectivity index (χ0) is 45.0. The molecule has 13 aromatic rings. The summed E-state index contributed by atoms with van der Waals surface area (Å²) in [6, 6.07) is 85.2. The summed E-state index contributed by atoms with van der Waals surface area (Å²) in [5.74, 6) is 1.71. The first kappa shape index (κ1) is 39.2. The van der Waals surface area contributed by atoms with Crippen LogP contribution in [0.3, 0.4) is 0 Å². The van der Waals surface area contributed by atoms with Gasteiger partial charge in [-0.25, -0.2) is 15.0 Å². The second-order valence-electron chi connectivity index (χ2n) is 17.2. The molecule has 318 valence electrons. The van der Waals surface area contributed by atoms with E-state index < -0.39 is 0 Å². The van der Waals surface area contributed by atoms with Crippen LogP contribution in [-0.2, 0) is 0 Å². The Morgan fingerprint density at radius 2 is 0.765 bits per heavy atom. The molecule has 0 aliphatic rings. The molecule has 3 heterocycles. The fourth-order valence-electron chi connectivity index (χ4n) is 9.76. The lowest BCUT2D eigenvalue weighted by atomic mass is 9.99. The van der Waals surface area contributed by atoms with Crippen molar-refractivity contribution in [1.82, 2.24) is 19.5 Å². The molecule has 0 saturated heterocycles. The number of para-hydroxylation sites is 2. The van der Waals surface area contributed by atoms with Gasteiger partial charge in [0.2, 0.25) is 0 Å². The van der Waals surface area contributed by atoms with E-state index >= 15 is 0 Å². The Kier molecular flexibility index (Phi) is 9.43. The largest absolute Gasteiger partial charge is 0.455 e. The minimum absolute atomic E-state index is 0.538. The van der Waals surface area contributed by atoms with Crippen molar-refractivity contribution in [3.05, 3.63) is 243 Å². The Balaban J connectivity index is 0.973. The van der Waals surface area contributed by atoms with E-state index in [-0.39, 0.29) is 0 Å². The molecule has 0 aliphatic heterocycles. The molecule has 13 rings (SSSR count). The van der Waals surface area contributed by atoms with Crippen molar-refractivity contribution in [2.24, 2.45) is 0 Å². The van der Waals surface area contributed by atoms with Crippen molar-refractivity contribution in [1.29, 1.82) is 0 Å². The molecule has 0 unspecified atom stereocenters. The van der Waals surface area contributed by atoms with Crippen LogP contribution < -0.4 is 0 Å². The van der Waals surface area contributed by atoms with E-state index in [9.17, 15) is 0 Å². The van der Waals surface area contributed by atoms with E-state index in [2.05, 4.69) is 235 Å². The molecule has 3 aromatic heterocycles. The monoisotopic (exact) mass is 868 g/mol. The first-order valence-electron chi connectivity index (χ1n) is 22.9. The smallest absolute Gasteiger partial charge is 0.167 e. The van der Waals surface area contributed by atoms with E-state index in [1.807, 2.05) is 12.1 Å². The van der Waals surface area contributed by atoms with Crippen LogP contribution in [0, 0.1) is 0 Å². The topological polar surface area (TPSA) is 56.7 Å². The summed E-state index contributed by atoms with van der Waals surface area (Å²) in [5.41, 5.74) is 16.6. The number of aromatic nitrogens is 4. The third-order valence-electron chi connectivity index (χ3n) is 13.1. The summed E-state index contributed by atoms with van der Waals surface area (Å²) in [7, 11) is 0. The molecule has 0 bridgehead atoms. The minimum Gasteiger partial charge on any atom is -0.455 e. The Labute approximate surface area is 392 Å². The van der Waals surface area contributed by atoms with Gasteiger partial charge in [0.1, 0.15) is 11.2 Å². The highest BCUT2D eigenvalue weighted by Gasteiger charge is 2.23. The number of hydrogen-bond acceptors (Lipinski definition) is 4. The van der Waals surface area contributed by atoms with Crippen LogP contribution in [0.5, 0.6) is 0 Å². The Morgan fingerprint density at radius 1 is 0.309 bits per heavy atom. The van der Waals surface area contributed by atoms with Crippen molar-refractivity contribution in [3.63, 3.8) is 0 Å². The molecule has 5 heteroatoms. The van der Waals surface area contributed by atoms with Gasteiger partial charge in [0.25, 0.3) is 0 Å². The Morgan fingerprint density at radius 3 is 1.43 bits per heavy atom. The second kappa shape index (κ2) is 16.4. The summed E-state index contributed by atoms with van der Waals surface area (Å²) in [5, 5.41) is 4.36. The van der Waals surface area contributed by atoms with E-state index in [1.54, 1.807) is 0 Å². The summed E-state index contributed by atoms with van der Waals surface area (Å²) in [6.45, 7) is 0. The number of fused-ring (bicyclic) bond motifs is 7. The van der Waals surface area contributed by atoms with Gasteiger partial charge in [0.15, 0.2) is 17.5 Å². The maximum Gasteiger partial charge on any atom is 0.167 e. The van der Waals surface area contributed by atoms with Gasteiger partial charge in [0, 0.05) is 33.0 Å². The van der Waals surface area contributed by atoms with Gasteiger partial charge in [-0.2, -0.15) is 0 Å². The lowest BCUT2D eigenvalue weighted by molar-refractivity contribution is 0.669. The molecule has 0 saturated carbocycles. The molecule has 0 amide bonds. The highest BCUT2D eigenvalue weighted by molar-refractivity contribution is 6.25. The van der Waals surface area contributed by atoms with Crippen LogP contribution in [0.1, 0.15) is 0 Å². The standard InChI is InChI=1S/C63H40N4O/c1-4-15-41(16-5-1)44-29-31-46(32-30-44)61-64-62(50-24-13-23-49(40-50)43-19-8-3-9-20-43)66-63(65-61)55-27-14-26-54-58-57(68-60(54)55)38-37-53-52-25-10-11-28-56(52)67(59(53)58)51-35-33-45(34-36-51)48-22-12-21-47(39-48)42-17-6-2-7-18-42/h1-40H. The van der Waals surface area contributed by atoms with Crippen LogP contribution >= 0.6 is 0 Å². The summed E-state index contributed by atoms with van der Waals surface area (Å²) in [4.78, 5) is 15.6. The molecule has 0 spiro atoms. The average molecular weight is 869 g/mol. The zero-order valence-electron chi connectivity index (χ0n) is 36.8. The van der Waals surface area contributed by atoms with Crippen molar-refractivity contribution in [2.45, 2.75) is 0 Å². The molecule has 0 atom stereocenters. The number of furan rings is 1. The average Bonchev–Trinajstić information content (AvgIpc) is 3.98. The van der Waals surface area contributed by atoms with E-state index in [0.717, 1.165) is 88.6 Å². The lowest BCUT2D eigenvalue weighted by Crippen LogP contribution is -2.00. The minimum atomic E-state index is 0.538. The second-order valence-corrected chi connectivity index (χ2v) is 17.2. The van der Waals surface area contributed by atoms with Gasteiger partial charge >= 0.3 is 0 Å². The molecule has 0 fully saturated rings. The maximum absolute atomic E-state index is 6.98. The highest BCUT2D eigenvalue weighted by Crippen LogP contribution is 2.43. The molecular weight excluding hydrogens is 829 g/mol. The number of benzene rings is 10. The summed E-state index contributed by atoms with van der Waals surface area (Å²) < 4.78 is 9.36. The molecule has 10 aromatic carbocycles. The van der Waals surface area contributed by atoms with Crippen molar-refractivity contribution < 1.29 is 4.42 Å². The zero-order valence-corrected chi connectivity index (χ0v) is 36.8. The number of nitrogens with zero attached hydrogens (tertiary/aromatic N) is 4. The van der Waals surface area contributed by atoms with Crippen LogP contribution in [0.15, 0.2) is 247 Å². The first-order chi connectivity index (χ1) is 33.7. The van der Waals surface area contributed by atoms with Crippen LogP contribution in [0.25, 0.3) is 128 Å². The van der Waals surface area contributed by atoms with Gasteiger partial charge in [-0.1, -0.05) is 194 Å². The predicted octanol–water partition coefficient (Wildman–Crippen LogP) is 16.5. The third-order valence-corrected chi connectivity index (χ3v) is 13.1. The quantitative estimate of drug-likeness (QED) is 0.153. The fraction of sp³-hybridized carbons (Fsp3) is 0. The predicted molar refractivity (Wildman–Crippen MR) is 279 cm³/mol. The fourth-order valence-corrected chi connectivity index (χ4v) is 9.76. The van der Waals surface area contributed by atoms with Gasteiger partial charge < -0.3 is 8.98 Å². The van der Waals surface area contributed by atoms with Crippen LogP contribution in [-0.4, -0.2) is 19.5 Å². The normalized spacial score (nSPS) is 11.5. The summed E-state index contributed by atoms with van der Waals surface area (Å²) >= 11 is 0. The van der Waals surface area contributed by atoms with E-state index in [0.29, 0.717) is 17.5 Å². The number of rotatable bonds is 8. The molecule has 0 radical (unpaired) electrons. The SMILES string of the molecule is c1ccc(-c2ccc(-c3nc(-c4cccc(-c5ccccc5)c4)nc(-c4cccc5c4oc4ccc6c7ccccc7n(-c7ccc(-c8cccc(-c9ccccc9)c8)cc7)c6c45)n3)cc2)cc1. The van der Waals surface area contributed by atoms with Gasteiger partial charge in [-0.3, -0.25) is 0 Å². The van der Waals surface area contributed by atoms with E-state index in [1.165, 1.54) is 22.1 Å². The van der Waals surface area contributed by atoms with Crippen LogP contribution in [0.4, 0.5) is 0 Å². The molecule has 68 heavy (non-hydrogen) atoms. The Bertz CT molecular complexity index is 3990. The molecular formula is C63H40N4O. The van der Waals surface area contributed by atoms with Crippen molar-refractivity contribution in [3.8, 4) is 84.4 Å². The van der Waals surface area contributed by atoms with Gasteiger partial charge in [0.05, 0.1) is 22.0 Å². The van der Waals surface area contributed by atoms with Crippen molar-refractivity contribution in [2.75, 3.05) is 0 Å². The maximum atomic E-state index is 6.98. The number of hydrogen-bond donors (Lipinski definition) is 0. The molecule has 0 aliphatic carbocycles. The highest BCUT2D eigenvalue weighted by atomic mass is 16.3. The van der Waals surface area contributed by atoms with Gasteiger partial charge in [-0.15, -0.1) is 0 Å². The summed E-state index contributed by atoms with van der Waals surface area (Å²) in [6.07, 6.45) is 0.